The standard InChI is InChI=1S/C15H19N5O/c1-4-20-14(11(2)16-17-20)15(21)19-10-9-18(3)12-7-5-6-8-13(12)19/h5-8H,4,9-10H2,1-3H3. The van der Waals surface area contributed by atoms with Crippen LogP contribution in [0.15, 0.2) is 24.3 Å². The molecule has 0 bridgehead atoms. The minimum atomic E-state index is -0.0279. The van der Waals surface area contributed by atoms with Gasteiger partial charge in [0.25, 0.3) is 5.91 Å². The molecular formula is C15H19N5O. The van der Waals surface area contributed by atoms with Gasteiger partial charge in [0.2, 0.25) is 0 Å². The van der Waals surface area contributed by atoms with E-state index in [1.165, 1.54) is 0 Å². The van der Waals surface area contributed by atoms with Crippen molar-refractivity contribution in [3.63, 3.8) is 0 Å². The van der Waals surface area contributed by atoms with E-state index in [4.69, 9.17) is 0 Å². The van der Waals surface area contributed by atoms with E-state index in [9.17, 15) is 4.79 Å². The zero-order valence-electron chi connectivity index (χ0n) is 12.6. The second kappa shape index (κ2) is 5.20. The van der Waals surface area contributed by atoms with Crippen LogP contribution in [0, 0.1) is 6.92 Å². The van der Waals surface area contributed by atoms with Crippen LogP contribution in [0.1, 0.15) is 23.1 Å². The Morgan fingerprint density at radius 3 is 2.67 bits per heavy atom. The number of nitrogens with zero attached hydrogens (tertiary/aromatic N) is 5. The topological polar surface area (TPSA) is 54.3 Å². The Bertz CT molecular complexity index is 678. The Labute approximate surface area is 124 Å². The molecule has 110 valence electrons. The molecule has 1 aromatic heterocycles. The van der Waals surface area contributed by atoms with Crippen molar-refractivity contribution in [1.82, 2.24) is 15.0 Å². The number of aromatic nitrogens is 3. The lowest BCUT2D eigenvalue weighted by Crippen LogP contribution is -2.43. The molecule has 1 aliphatic rings. The van der Waals surface area contributed by atoms with Gasteiger partial charge in [0.05, 0.1) is 17.1 Å². The number of amides is 1. The highest BCUT2D eigenvalue weighted by Gasteiger charge is 2.29. The van der Waals surface area contributed by atoms with Crippen LogP contribution < -0.4 is 9.80 Å². The Kier molecular flexibility index (Phi) is 3.37. The van der Waals surface area contributed by atoms with E-state index >= 15 is 0 Å². The summed E-state index contributed by atoms with van der Waals surface area (Å²) >= 11 is 0. The Balaban J connectivity index is 2.03. The third-order valence-electron chi connectivity index (χ3n) is 3.89. The highest BCUT2D eigenvalue weighted by Crippen LogP contribution is 2.32. The average Bonchev–Trinajstić information content (AvgIpc) is 2.88. The largest absolute Gasteiger partial charge is 0.371 e. The van der Waals surface area contributed by atoms with Crippen LogP contribution in [0.5, 0.6) is 0 Å². The number of rotatable bonds is 2. The molecule has 0 saturated carbocycles. The maximum absolute atomic E-state index is 12.9. The summed E-state index contributed by atoms with van der Waals surface area (Å²) in [6.07, 6.45) is 0. The zero-order chi connectivity index (χ0) is 15.0. The monoisotopic (exact) mass is 285 g/mol. The molecule has 0 saturated heterocycles. The van der Waals surface area contributed by atoms with Crippen molar-refractivity contribution in [2.45, 2.75) is 20.4 Å². The first-order valence-corrected chi connectivity index (χ1v) is 7.15. The zero-order valence-corrected chi connectivity index (χ0v) is 12.6. The van der Waals surface area contributed by atoms with Crippen LogP contribution in [0.4, 0.5) is 11.4 Å². The van der Waals surface area contributed by atoms with Crippen LogP contribution in [0.25, 0.3) is 0 Å². The molecule has 6 nitrogen and oxygen atoms in total. The van der Waals surface area contributed by atoms with Crippen molar-refractivity contribution in [1.29, 1.82) is 0 Å². The number of hydrogen-bond donors (Lipinski definition) is 0. The maximum Gasteiger partial charge on any atom is 0.278 e. The molecule has 2 heterocycles. The van der Waals surface area contributed by atoms with E-state index < -0.39 is 0 Å². The maximum atomic E-state index is 12.9. The molecular weight excluding hydrogens is 266 g/mol. The van der Waals surface area contributed by atoms with E-state index in [2.05, 4.69) is 15.2 Å². The van der Waals surface area contributed by atoms with Crippen LogP contribution in [-0.2, 0) is 6.54 Å². The summed E-state index contributed by atoms with van der Waals surface area (Å²) in [4.78, 5) is 16.9. The van der Waals surface area contributed by atoms with Gasteiger partial charge in [-0.15, -0.1) is 5.10 Å². The number of para-hydroxylation sites is 2. The van der Waals surface area contributed by atoms with Gasteiger partial charge in [-0.05, 0) is 26.0 Å². The number of carbonyl (C=O) groups excluding carboxylic acids is 1. The fourth-order valence-corrected chi connectivity index (χ4v) is 2.73. The number of anilines is 2. The molecule has 0 spiro atoms. The summed E-state index contributed by atoms with van der Waals surface area (Å²) in [6, 6.07) is 7.97. The minimum Gasteiger partial charge on any atom is -0.371 e. The van der Waals surface area contributed by atoms with Gasteiger partial charge in [0.15, 0.2) is 0 Å². The normalized spacial score (nSPS) is 14.2. The van der Waals surface area contributed by atoms with Gasteiger partial charge in [0.1, 0.15) is 5.69 Å². The van der Waals surface area contributed by atoms with Crippen molar-refractivity contribution in [3.05, 3.63) is 35.7 Å². The molecule has 1 amide bonds. The summed E-state index contributed by atoms with van der Waals surface area (Å²) < 4.78 is 1.67. The highest BCUT2D eigenvalue weighted by atomic mass is 16.2. The van der Waals surface area contributed by atoms with Gasteiger partial charge >= 0.3 is 0 Å². The molecule has 2 aromatic rings. The number of likely N-dealkylation sites (N-methyl/N-ethyl adjacent to an activating group) is 1. The lowest BCUT2D eigenvalue weighted by molar-refractivity contribution is 0.0976. The fourth-order valence-electron chi connectivity index (χ4n) is 2.73. The molecule has 21 heavy (non-hydrogen) atoms. The second-order valence-corrected chi connectivity index (χ2v) is 5.21. The Morgan fingerprint density at radius 1 is 1.24 bits per heavy atom. The van der Waals surface area contributed by atoms with Crippen LogP contribution in [0.2, 0.25) is 0 Å². The average molecular weight is 285 g/mol. The number of benzene rings is 1. The molecule has 6 heteroatoms. The molecule has 1 aromatic carbocycles. The summed E-state index contributed by atoms with van der Waals surface area (Å²) in [5.74, 6) is -0.0279. The predicted molar refractivity (Wildman–Crippen MR) is 81.8 cm³/mol. The smallest absolute Gasteiger partial charge is 0.278 e. The van der Waals surface area contributed by atoms with Crippen molar-refractivity contribution in [2.75, 3.05) is 29.9 Å². The van der Waals surface area contributed by atoms with E-state index in [1.54, 1.807) is 4.68 Å². The molecule has 0 atom stereocenters. The second-order valence-electron chi connectivity index (χ2n) is 5.21. The van der Waals surface area contributed by atoms with Gasteiger partial charge in [-0.25, -0.2) is 4.68 Å². The van der Waals surface area contributed by atoms with E-state index in [0.717, 1.165) is 17.9 Å². The summed E-state index contributed by atoms with van der Waals surface area (Å²) in [5.41, 5.74) is 3.28. The van der Waals surface area contributed by atoms with Gasteiger partial charge in [-0.1, -0.05) is 17.3 Å². The highest BCUT2D eigenvalue weighted by molar-refractivity contribution is 6.07. The lowest BCUT2D eigenvalue weighted by atomic mass is 10.1. The molecule has 0 unspecified atom stereocenters. The molecule has 0 fully saturated rings. The SMILES string of the molecule is CCn1nnc(C)c1C(=O)N1CCN(C)c2ccccc21. The van der Waals surface area contributed by atoms with Crippen molar-refractivity contribution in [3.8, 4) is 0 Å². The first-order valence-electron chi connectivity index (χ1n) is 7.15. The van der Waals surface area contributed by atoms with Crippen molar-refractivity contribution < 1.29 is 4.79 Å². The molecule has 1 aliphatic heterocycles. The third kappa shape index (κ3) is 2.16. The quantitative estimate of drug-likeness (QED) is 0.843. The lowest BCUT2D eigenvalue weighted by Gasteiger charge is -2.35. The predicted octanol–water partition coefficient (Wildman–Crippen LogP) is 1.70. The van der Waals surface area contributed by atoms with Crippen LogP contribution in [0.3, 0.4) is 0 Å². The van der Waals surface area contributed by atoms with Gasteiger partial charge in [-0.2, -0.15) is 0 Å². The summed E-state index contributed by atoms with van der Waals surface area (Å²) in [6.45, 7) is 5.91. The molecule has 0 N–H and O–H groups in total. The molecule has 0 radical (unpaired) electrons. The molecule has 3 rings (SSSR count). The summed E-state index contributed by atoms with van der Waals surface area (Å²) in [7, 11) is 2.05. The first-order chi connectivity index (χ1) is 10.1. The minimum absolute atomic E-state index is 0.0279. The van der Waals surface area contributed by atoms with Crippen LogP contribution in [-0.4, -0.2) is 41.0 Å². The van der Waals surface area contributed by atoms with Crippen LogP contribution >= 0.6 is 0 Å². The van der Waals surface area contributed by atoms with Gasteiger partial charge in [0, 0.05) is 26.7 Å². The summed E-state index contributed by atoms with van der Waals surface area (Å²) in [5, 5.41) is 8.06. The number of fused-ring (bicyclic) bond motifs is 1. The van der Waals surface area contributed by atoms with Gasteiger partial charge < -0.3 is 9.80 Å². The third-order valence-corrected chi connectivity index (χ3v) is 3.89. The Morgan fingerprint density at radius 2 is 1.95 bits per heavy atom. The van der Waals surface area contributed by atoms with E-state index in [1.807, 2.05) is 50.1 Å². The van der Waals surface area contributed by atoms with E-state index in [-0.39, 0.29) is 5.91 Å². The Hall–Kier alpha value is -2.37. The number of hydrogen-bond acceptors (Lipinski definition) is 4. The van der Waals surface area contributed by atoms with Crippen molar-refractivity contribution in [2.24, 2.45) is 0 Å². The number of carbonyl (C=O) groups is 1. The first kappa shape index (κ1) is 13.6. The van der Waals surface area contributed by atoms with Crippen molar-refractivity contribution >= 4 is 17.3 Å². The van der Waals surface area contributed by atoms with E-state index in [0.29, 0.717) is 24.5 Å². The van der Waals surface area contributed by atoms with Gasteiger partial charge in [-0.3, -0.25) is 4.79 Å². The molecule has 0 aliphatic carbocycles. The fraction of sp³-hybridized carbons (Fsp3) is 0.400. The number of aryl methyl sites for hydroxylation is 2.